The van der Waals surface area contributed by atoms with Gasteiger partial charge in [-0.05, 0) is 34.1 Å². The summed E-state index contributed by atoms with van der Waals surface area (Å²) < 4.78 is 16.3. The van der Waals surface area contributed by atoms with Gasteiger partial charge < -0.3 is 19.7 Å². The lowest BCUT2D eigenvalue weighted by atomic mass is 10.1. The number of fused-ring (bicyclic) bond motifs is 1. The molecule has 1 aliphatic rings. The summed E-state index contributed by atoms with van der Waals surface area (Å²) >= 11 is 3.31. The second-order valence-corrected chi connectivity index (χ2v) is 4.07. The Labute approximate surface area is 99.2 Å². The molecule has 0 amide bonds. The molecule has 0 spiro atoms. The number of nitrogens with two attached hydrogens (primary N) is 1. The standard InChI is InChI=1S/C10H7BrN2O3/c11-8-9(16-13-10(8)12)5-1-2-6-7(3-5)15-4-14-6/h1-3H,4H2,(H2,12,13). The number of rotatable bonds is 1. The van der Waals surface area contributed by atoms with Crippen molar-refractivity contribution in [1.29, 1.82) is 0 Å². The Kier molecular flexibility index (Phi) is 2.03. The number of anilines is 1. The molecule has 1 aliphatic heterocycles. The summed E-state index contributed by atoms with van der Waals surface area (Å²) in [5.41, 5.74) is 6.42. The van der Waals surface area contributed by atoms with Crippen molar-refractivity contribution in [2.45, 2.75) is 0 Å². The zero-order chi connectivity index (χ0) is 11.1. The van der Waals surface area contributed by atoms with Crippen LogP contribution in [0.1, 0.15) is 0 Å². The zero-order valence-corrected chi connectivity index (χ0v) is 9.65. The Morgan fingerprint density at radius 2 is 2.06 bits per heavy atom. The first-order valence-electron chi connectivity index (χ1n) is 4.56. The Balaban J connectivity index is 2.10. The fourth-order valence-electron chi connectivity index (χ4n) is 1.51. The van der Waals surface area contributed by atoms with Crippen LogP contribution in [-0.4, -0.2) is 11.9 Å². The van der Waals surface area contributed by atoms with Gasteiger partial charge in [-0.2, -0.15) is 0 Å². The molecule has 0 atom stereocenters. The van der Waals surface area contributed by atoms with E-state index >= 15 is 0 Å². The van der Waals surface area contributed by atoms with E-state index in [9.17, 15) is 0 Å². The highest BCUT2D eigenvalue weighted by molar-refractivity contribution is 9.10. The van der Waals surface area contributed by atoms with Gasteiger partial charge in [0.2, 0.25) is 6.79 Å². The van der Waals surface area contributed by atoms with E-state index in [1.54, 1.807) is 0 Å². The van der Waals surface area contributed by atoms with E-state index in [-0.39, 0.29) is 6.79 Å². The van der Waals surface area contributed by atoms with Crippen molar-refractivity contribution in [2.24, 2.45) is 0 Å². The summed E-state index contributed by atoms with van der Waals surface area (Å²) in [7, 11) is 0. The Morgan fingerprint density at radius 1 is 1.25 bits per heavy atom. The molecule has 2 N–H and O–H groups in total. The Morgan fingerprint density at radius 3 is 2.81 bits per heavy atom. The lowest BCUT2D eigenvalue weighted by Crippen LogP contribution is -1.92. The van der Waals surface area contributed by atoms with Crippen molar-refractivity contribution < 1.29 is 14.0 Å². The molecule has 82 valence electrons. The highest BCUT2D eigenvalue weighted by Gasteiger charge is 2.18. The molecule has 1 aromatic carbocycles. The van der Waals surface area contributed by atoms with E-state index in [1.165, 1.54) is 0 Å². The highest BCUT2D eigenvalue weighted by atomic mass is 79.9. The molecule has 3 rings (SSSR count). The predicted octanol–water partition coefficient (Wildman–Crippen LogP) is 2.42. The molecule has 0 radical (unpaired) electrons. The van der Waals surface area contributed by atoms with Gasteiger partial charge in [0.15, 0.2) is 23.1 Å². The molecular formula is C10H7BrN2O3. The second-order valence-electron chi connectivity index (χ2n) is 3.28. The van der Waals surface area contributed by atoms with Gasteiger partial charge in [-0.25, -0.2) is 0 Å². The van der Waals surface area contributed by atoms with Crippen LogP contribution >= 0.6 is 15.9 Å². The van der Waals surface area contributed by atoms with Crippen LogP contribution in [0.15, 0.2) is 27.2 Å². The number of ether oxygens (including phenoxy) is 2. The summed E-state index contributed by atoms with van der Waals surface area (Å²) in [6, 6.07) is 5.51. The molecule has 2 aromatic rings. The Hall–Kier alpha value is -1.69. The third-order valence-corrected chi connectivity index (χ3v) is 3.06. The molecule has 5 nitrogen and oxygen atoms in total. The summed E-state index contributed by atoms with van der Waals surface area (Å²) in [5.74, 6) is 2.33. The molecule has 6 heteroatoms. The third kappa shape index (κ3) is 1.34. The van der Waals surface area contributed by atoms with Gasteiger partial charge >= 0.3 is 0 Å². The van der Waals surface area contributed by atoms with Crippen molar-refractivity contribution >= 4 is 21.7 Å². The molecular weight excluding hydrogens is 276 g/mol. The fourth-order valence-corrected chi connectivity index (χ4v) is 1.88. The molecule has 0 saturated carbocycles. The van der Waals surface area contributed by atoms with E-state index < -0.39 is 0 Å². The quantitative estimate of drug-likeness (QED) is 0.870. The van der Waals surface area contributed by atoms with Gasteiger partial charge in [0.05, 0.1) is 0 Å². The predicted molar refractivity (Wildman–Crippen MR) is 60.2 cm³/mol. The normalized spacial score (nSPS) is 13.1. The number of nitrogen functional groups attached to an aromatic ring is 1. The first kappa shape index (κ1) is 9.53. The van der Waals surface area contributed by atoms with Crippen molar-refractivity contribution in [3.63, 3.8) is 0 Å². The maximum atomic E-state index is 5.58. The maximum Gasteiger partial charge on any atom is 0.231 e. The number of nitrogens with zero attached hydrogens (tertiary/aromatic N) is 1. The van der Waals surface area contributed by atoms with Gasteiger partial charge in [-0.15, -0.1) is 0 Å². The first-order chi connectivity index (χ1) is 7.75. The topological polar surface area (TPSA) is 70.5 Å². The van der Waals surface area contributed by atoms with Crippen molar-refractivity contribution in [3.05, 3.63) is 22.7 Å². The lowest BCUT2D eigenvalue weighted by Gasteiger charge is -1.99. The number of aromatic nitrogens is 1. The minimum atomic E-state index is 0.249. The molecule has 16 heavy (non-hydrogen) atoms. The molecule has 0 fully saturated rings. The fraction of sp³-hybridized carbons (Fsp3) is 0.100. The van der Waals surface area contributed by atoms with Gasteiger partial charge in [-0.3, -0.25) is 0 Å². The van der Waals surface area contributed by atoms with Crippen molar-refractivity contribution in [1.82, 2.24) is 5.16 Å². The van der Waals surface area contributed by atoms with E-state index in [0.29, 0.717) is 21.8 Å². The number of hydrogen-bond donors (Lipinski definition) is 1. The SMILES string of the molecule is Nc1noc(-c2ccc3c(c2)OCO3)c1Br. The van der Waals surface area contributed by atoms with Gasteiger partial charge in [0.25, 0.3) is 0 Å². The maximum absolute atomic E-state index is 5.58. The van der Waals surface area contributed by atoms with Crippen LogP contribution in [-0.2, 0) is 0 Å². The molecule has 0 unspecified atom stereocenters. The number of benzene rings is 1. The first-order valence-corrected chi connectivity index (χ1v) is 5.35. The average molecular weight is 283 g/mol. The van der Waals surface area contributed by atoms with Gasteiger partial charge in [-0.1, -0.05) is 5.16 Å². The van der Waals surface area contributed by atoms with E-state index in [4.69, 9.17) is 19.7 Å². The molecule has 2 heterocycles. The van der Waals surface area contributed by atoms with Crippen LogP contribution in [0.2, 0.25) is 0 Å². The minimum Gasteiger partial charge on any atom is -0.454 e. The summed E-state index contributed by atoms with van der Waals surface area (Å²) in [5, 5.41) is 3.67. The summed E-state index contributed by atoms with van der Waals surface area (Å²) in [6.07, 6.45) is 0. The van der Waals surface area contributed by atoms with E-state index in [2.05, 4.69) is 21.1 Å². The Bertz CT molecular complexity index is 553. The van der Waals surface area contributed by atoms with E-state index in [0.717, 1.165) is 11.3 Å². The molecule has 0 bridgehead atoms. The van der Waals surface area contributed by atoms with Gasteiger partial charge in [0, 0.05) is 5.56 Å². The van der Waals surface area contributed by atoms with Crippen LogP contribution in [0.3, 0.4) is 0 Å². The average Bonchev–Trinajstić information content (AvgIpc) is 2.86. The number of halogens is 1. The molecule has 0 aliphatic carbocycles. The highest BCUT2D eigenvalue weighted by Crippen LogP contribution is 2.39. The monoisotopic (exact) mass is 282 g/mol. The van der Waals surface area contributed by atoms with Crippen LogP contribution in [0.4, 0.5) is 5.82 Å². The van der Waals surface area contributed by atoms with Crippen molar-refractivity contribution in [3.8, 4) is 22.8 Å². The minimum absolute atomic E-state index is 0.249. The second kappa shape index (κ2) is 3.41. The van der Waals surface area contributed by atoms with E-state index in [1.807, 2.05) is 18.2 Å². The third-order valence-electron chi connectivity index (χ3n) is 2.29. The van der Waals surface area contributed by atoms with Crippen molar-refractivity contribution in [2.75, 3.05) is 12.5 Å². The smallest absolute Gasteiger partial charge is 0.231 e. The zero-order valence-electron chi connectivity index (χ0n) is 8.07. The van der Waals surface area contributed by atoms with Gasteiger partial charge in [0.1, 0.15) is 4.47 Å². The summed E-state index contributed by atoms with van der Waals surface area (Å²) in [6.45, 7) is 0.249. The van der Waals surface area contributed by atoms with Crippen LogP contribution in [0, 0.1) is 0 Å². The lowest BCUT2D eigenvalue weighted by molar-refractivity contribution is 0.174. The van der Waals surface area contributed by atoms with Crippen LogP contribution < -0.4 is 15.2 Å². The van der Waals surface area contributed by atoms with Crippen LogP contribution in [0.25, 0.3) is 11.3 Å². The van der Waals surface area contributed by atoms with Crippen LogP contribution in [0.5, 0.6) is 11.5 Å². The number of hydrogen-bond acceptors (Lipinski definition) is 5. The summed E-state index contributed by atoms with van der Waals surface area (Å²) in [4.78, 5) is 0. The largest absolute Gasteiger partial charge is 0.454 e. The molecule has 0 saturated heterocycles. The molecule has 1 aromatic heterocycles.